The van der Waals surface area contributed by atoms with E-state index in [1.54, 1.807) is 18.9 Å². The smallest absolute Gasteiger partial charge is 0.341 e. The lowest BCUT2D eigenvalue weighted by atomic mass is 10.0. The average molecular weight is 267 g/mol. The predicted octanol–water partition coefficient (Wildman–Crippen LogP) is 1.05. The Morgan fingerprint density at radius 3 is 2.74 bits per heavy atom. The number of nitrogen functional groups attached to an aromatic ring is 1. The highest BCUT2D eigenvalue weighted by Gasteiger charge is 2.28. The fourth-order valence-electron chi connectivity index (χ4n) is 1.49. The summed E-state index contributed by atoms with van der Waals surface area (Å²) in [5, 5.41) is 9.40. The van der Waals surface area contributed by atoms with Crippen molar-refractivity contribution in [1.82, 2.24) is 4.98 Å². The zero-order chi connectivity index (χ0) is 14.6. The molecule has 0 aromatic carbocycles. The number of nitrogens with zero attached hydrogens (tertiary/aromatic N) is 2. The fourth-order valence-corrected chi connectivity index (χ4v) is 1.49. The minimum Gasteiger partial charge on any atom is -0.462 e. The molecule has 6 nitrogen and oxygen atoms in total. The molecule has 0 fully saturated rings. The molecule has 1 aromatic rings. The van der Waals surface area contributed by atoms with Gasteiger partial charge >= 0.3 is 5.97 Å². The standard InChI is InChI=1S/C13H21N3O3/c1-5-19-12(18)10-6-9(14)7-15-11(10)16(4)13(2,3)8-17/h6-7,17H,5,8,14H2,1-4H3. The van der Waals surface area contributed by atoms with Gasteiger partial charge in [-0.15, -0.1) is 0 Å². The molecule has 1 aromatic heterocycles. The third-order valence-corrected chi connectivity index (χ3v) is 3.00. The molecule has 19 heavy (non-hydrogen) atoms. The highest BCUT2D eigenvalue weighted by molar-refractivity contribution is 5.95. The lowest BCUT2D eigenvalue weighted by Gasteiger charge is -2.35. The fraction of sp³-hybridized carbons (Fsp3) is 0.538. The Labute approximate surface area is 113 Å². The quantitative estimate of drug-likeness (QED) is 0.775. The zero-order valence-corrected chi connectivity index (χ0v) is 11.8. The summed E-state index contributed by atoms with van der Waals surface area (Å²) in [6, 6.07) is 1.53. The molecule has 0 aliphatic rings. The van der Waals surface area contributed by atoms with Gasteiger partial charge in [-0.3, -0.25) is 0 Å². The van der Waals surface area contributed by atoms with Gasteiger partial charge in [0.15, 0.2) is 0 Å². The van der Waals surface area contributed by atoms with Crippen LogP contribution in [0.3, 0.4) is 0 Å². The number of pyridine rings is 1. The highest BCUT2D eigenvalue weighted by atomic mass is 16.5. The number of aliphatic hydroxyl groups excluding tert-OH is 1. The molecule has 0 saturated carbocycles. The lowest BCUT2D eigenvalue weighted by molar-refractivity contribution is 0.0526. The van der Waals surface area contributed by atoms with Crippen LogP contribution >= 0.6 is 0 Å². The molecular weight excluding hydrogens is 246 g/mol. The molecule has 0 aliphatic heterocycles. The molecule has 0 atom stereocenters. The molecule has 0 spiro atoms. The van der Waals surface area contributed by atoms with Gasteiger partial charge in [0.05, 0.1) is 30.6 Å². The number of nitrogens with two attached hydrogens (primary N) is 1. The van der Waals surface area contributed by atoms with Crippen LogP contribution in [0.5, 0.6) is 0 Å². The number of aliphatic hydroxyl groups is 1. The van der Waals surface area contributed by atoms with Gasteiger partial charge in [0.25, 0.3) is 0 Å². The second-order valence-electron chi connectivity index (χ2n) is 4.89. The van der Waals surface area contributed by atoms with Crippen LogP contribution in [0.1, 0.15) is 31.1 Å². The van der Waals surface area contributed by atoms with Crippen molar-refractivity contribution in [2.24, 2.45) is 0 Å². The minimum absolute atomic E-state index is 0.0716. The number of aromatic nitrogens is 1. The van der Waals surface area contributed by atoms with E-state index < -0.39 is 11.5 Å². The second kappa shape index (κ2) is 5.88. The van der Waals surface area contributed by atoms with Crippen LogP contribution in [0, 0.1) is 0 Å². The molecule has 1 rings (SSSR count). The van der Waals surface area contributed by atoms with Gasteiger partial charge in [0.1, 0.15) is 11.4 Å². The van der Waals surface area contributed by atoms with Crippen molar-refractivity contribution in [3.05, 3.63) is 17.8 Å². The van der Waals surface area contributed by atoms with E-state index >= 15 is 0 Å². The van der Waals surface area contributed by atoms with Crippen LogP contribution in [-0.4, -0.2) is 41.9 Å². The number of esters is 1. The van der Waals surface area contributed by atoms with E-state index in [2.05, 4.69) is 4.98 Å². The number of rotatable bonds is 5. The van der Waals surface area contributed by atoms with E-state index in [0.29, 0.717) is 17.1 Å². The van der Waals surface area contributed by atoms with Crippen LogP contribution in [0.25, 0.3) is 0 Å². The summed E-state index contributed by atoms with van der Waals surface area (Å²) in [6.07, 6.45) is 1.47. The first-order valence-electron chi connectivity index (χ1n) is 6.10. The molecule has 0 radical (unpaired) electrons. The SMILES string of the molecule is CCOC(=O)c1cc(N)cnc1N(C)C(C)(C)CO. The Morgan fingerprint density at radius 2 is 2.21 bits per heavy atom. The summed E-state index contributed by atoms with van der Waals surface area (Å²) in [7, 11) is 1.76. The van der Waals surface area contributed by atoms with Gasteiger partial charge in [0.2, 0.25) is 0 Å². The Kier molecular flexibility index (Phi) is 4.72. The molecule has 0 bridgehead atoms. The van der Waals surface area contributed by atoms with E-state index in [1.807, 2.05) is 13.8 Å². The van der Waals surface area contributed by atoms with Crippen molar-refractivity contribution in [2.45, 2.75) is 26.3 Å². The van der Waals surface area contributed by atoms with E-state index in [9.17, 15) is 9.90 Å². The number of carbonyl (C=O) groups is 1. The number of ether oxygens (including phenoxy) is 1. The first kappa shape index (κ1) is 15.2. The largest absolute Gasteiger partial charge is 0.462 e. The summed E-state index contributed by atoms with van der Waals surface area (Å²) < 4.78 is 5.00. The normalized spacial score (nSPS) is 11.2. The van der Waals surface area contributed by atoms with Crippen molar-refractivity contribution in [3.63, 3.8) is 0 Å². The monoisotopic (exact) mass is 267 g/mol. The van der Waals surface area contributed by atoms with Crippen LogP contribution in [0.15, 0.2) is 12.3 Å². The van der Waals surface area contributed by atoms with Gasteiger partial charge in [-0.05, 0) is 26.8 Å². The number of hydrogen-bond acceptors (Lipinski definition) is 6. The summed E-state index contributed by atoms with van der Waals surface area (Å²) in [4.78, 5) is 17.9. The van der Waals surface area contributed by atoms with Gasteiger partial charge in [-0.1, -0.05) is 0 Å². The summed E-state index contributed by atoms with van der Waals surface area (Å²) in [5.74, 6) is -0.0374. The Morgan fingerprint density at radius 1 is 1.58 bits per heavy atom. The van der Waals surface area contributed by atoms with Gasteiger partial charge in [-0.25, -0.2) is 9.78 Å². The number of anilines is 2. The first-order valence-corrected chi connectivity index (χ1v) is 6.10. The lowest BCUT2D eigenvalue weighted by Crippen LogP contribution is -2.45. The van der Waals surface area contributed by atoms with Gasteiger partial charge in [-0.2, -0.15) is 0 Å². The summed E-state index contributed by atoms with van der Waals surface area (Å²) in [6.45, 7) is 5.64. The van der Waals surface area contributed by atoms with Crippen LogP contribution in [0.4, 0.5) is 11.5 Å². The average Bonchev–Trinajstić information content (AvgIpc) is 2.38. The number of likely N-dealkylation sites (N-methyl/N-ethyl adjacent to an activating group) is 1. The number of carbonyl (C=O) groups excluding carboxylic acids is 1. The topological polar surface area (TPSA) is 88.7 Å². The van der Waals surface area contributed by atoms with Crippen LogP contribution in [-0.2, 0) is 4.74 Å². The van der Waals surface area contributed by atoms with Crippen molar-refractivity contribution >= 4 is 17.5 Å². The molecular formula is C13H21N3O3. The van der Waals surface area contributed by atoms with Crippen molar-refractivity contribution in [2.75, 3.05) is 30.9 Å². The van der Waals surface area contributed by atoms with E-state index in [4.69, 9.17) is 10.5 Å². The van der Waals surface area contributed by atoms with Crippen molar-refractivity contribution < 1.29 is 14.6 Å². The molecule has 0 unspecified atom stereocenters. The third kappa shape index (κ3) is 3.35. The van der Waals surface area contributed by atoms with Crippen molar-refractivity contribution in [1.29, 1.82) is 0 Å². The highest BCUT2D eigenvalue weighted by Crippen LogP contribution is 2.25. The summed E-state index contributed by atoms with van der Waals surface area (Å²) >= 11 is 0. The maximum absolute atomic E-state index is 11.9. The molecule has 1 heterocycles. The minimum atomic E-state index is -0.551. The van der Waals surface area contributed by atoms with Crippen LogP contribution in [0.2, 0.25) is 0 Å². The predicted molar refractivity (Wildman–Crippen MR) is 74.2 cm³/mol. The van der Waals surface area contributed by atoms with E-state index in [0.717, 1.165) is 0 Å². The first-order chi connectivity index (χ1) is 8.83. The maximum atomic E-state index is 11.9. The number of hydrogen-bond donors (Lipinski definition) is 2. The maximum Gasteiger partial charge on any atom is 0.341 e. The Balaban J connectivity index is 3.24. The molecule has 0 aliphatic carbocycles. The Hall–Kier alpha value is -1.82. The summed E-state index contributed by atoms with van der Waals surface area (Å²) in [5.41, 5.74) is 5.80. The van der Waals surface area contributed by atoms with Gasteiger partial charge in [0, 0.05) is 7.05 Å². The van der Waals surface area contributed by atoms with E-state index in [1.165, 1.54) is 12.3 Å². The Bertz CT molecular complexity index is 460. The molecule has 6 heteroatoms. The van der Waals surface area contributed by atoms with Crippen molar-refractivity contribution in [3.8, 4) is 0 Å². The molecule has 106 valence electrons. The second-order valence-corrected chi connectivity index (χ2v) is 4.89. The molecule has 0 amide bonds. The molecule has 0 saturated heterocycles. The molecule has 3 N–H and O–H groups in total. The van der Waals surface area contributed by atoms with Crippen LogP contribution < -0.4 is 10.6 Å². The zero-order valence-electron chi connectivity index (χ0n) is 11.8. The van der Waals surface area contributed by atoms with E-state index in [-0.39, 0.29) is 13.2 Å². The van der Waals surface area contributed by atoms with Gasteiger partial charge < -0.3 is 20.5 Å². The third-order valence-electron chi connectivity index (χ3n) is 3.00.